The summed E-state index contributed by atoms with van der Waals surface area (Å²) in [6.07, 6.45) is 9.60. The standard InChI is InChI=1S/C48H48N2Si/c1-31(2)22-38-27-45-40-14-10-11-15-42(40)48(50(45)30-46(38)51(4,5)6)28-43-39-18-16-35(34-12-8-7-9-13-34)26-41(39)44-19-17-36-29-49(44)47(43,48)21-20-33-23-32(3)24-37(36)25-33/h7-19,23-27,29-31,43H,20-22,28H2,1-6H3/q+2. The molecule has 2 spiro atoms. The fourth-order valence-electron chi connectivity index (χ4n) is 10.9. The van der Waals surface area contributed by atoms with Crippen LogP contribution in [0.4, 0.5) is 0 Å². The second kappa shape index (κ2) is 10.7. The molecule has 10 rings (SSSR count). The van der Waals surface area contributed by atoms with Gasteiger partial charge in [0.2, 0.25) is 16.9 Å². The van der Waals surface area contributed by atoms with Crippen molar-refractivity contribution in [2.75, 3.05) is 0 Å². The Balaban J connectivity index is 1.29. The van der Waals surface area contributed by atoms with Gasteiger partial charge in [-0.2, -0.15) is 9.13 Å². The van der Waals surface area contributed by atoms with Crippen molar-refractivity contribution in [3.05, 3.63) is 149 Å². The highest BCUT2D eigenvalue weighted by molar-refractivity contribution is 6.89. The van der Waals surface area contributed by atoms with Crippen molar-refractivity contribution in [2.45, 2.75) is 83.1 Å². The van der Waals surface area contributed by atoms with Crippen LogP contribution in [0.2, 0.25) is 19.6 Å². The van der Waals surface area contributed by atoms with E-state index in [2.05, 4.69) is 171 Å². The van der Waals surface area contributed by atoms with Crippen LogP contribution in [-0.4, -0.2) is 8.07 Å². The highest BCUT2D eigenvalue weighted by Crippen LogP contribution is 2.68. The summed E-state index contributed by atoms with van der Waals surface area (Å²) >= 11 is 0. The van der Waals surface area contributed by atoms with Gasteiger partial charge in [0.25, 0.3) is 5.54 Å². The first-order chi connectivity index (χ1) is 24.6. The molecule has 0 saturated heterocycles. The molecule has 0 N–H and O–H groups in total. The van der Waals surface area contributed by atoms with Gasteiger partial charge in [-0.3, -0.25) is 0 Å². The molecule has 6 aromatic rings. The van der Waals surface area contributed by atoms with E-state index < -0.39 is 8.07 Å². The Morgan fingerprint density at radius 2 is 1.49 bits per heavy atom. The van der Waals surface area contributed by atoms with E-state index in [1.54, 1.807) is 10.8 Å². The molecule has 3 atom stereocenters. The second-order valence-corrected chi connectivity index (χ2v) is 22.5. The van der Waals surface area contributed by atoms with Crippen molar-refractivity contribution in [3.63, 3.8) is 0 Å². The Bertz CT molecular complexity index is 2420. The van der Waals surface area contributed by atoms with E-state index in [-0.39, 0.29) is 11.1 Å². The molecular formula is C48H48N2Si+2. The number of aromatic nitrogens is 2. The van der Waals surface area contributed by atoms with E-state index in [0.717, 1.165) is 25.7 Å². The van der Waals surface area contributed by atoms with E-state index >= 15 is 0 Å². The molecule has 2 nitrogen and oxygen atoms in total. The molecule has 3 unspecified atom stereocenters. The summed E-state index contributed by atoms with van der Waals surface area (Å²) < 4.78 is 5.64. The molecule has 4 aromatic carbocycles. The van der Waals surface area contributed by atoms with Gasteiger partial charge in [0.1, 0.15) is 0 Å². The van der Waals surface area contributed by atoms with E-state index in [9.17, 15) is 0 Å². The van der Waals surface area contributed by atoms with Crippen molar-refractivity contribution < 1.29 is 9.13 Å². The van der Waals surface area contributed by atoms with Crippen molar-refractivity contribution in [3.8, 4) is 44.8 Å². The predicted octanol–water partition coefficient (Wildman–Crippen LogP) is 9.88. The van der Waals surface area contributed by atoms with Gasteiger partial charge >= 0.3 is 0 Å². The average molecular weight is 681 g/mol. The minimum absolute atomic E-state index is 0.178. The summed E-state index contributed by atoms with van der Waals surface area (Å²) in [5.74, 6) is 1.00. The molecule has 252 valence electrons. The first-order valence-corrected chi connectivity index (χ1v) is 22.6. The van der Waals surface area contributed by atoms with E-state index in [1.807, 2.05) is 0 Å². The van der Waals surface area contributed by atoms with Crippen LogP contribution in [0.25, 0.3) is 44.8 Å². The molecule has 3 heteroatoms. The zero-order chi connectivity index (χ0) is 34.9. The van der Waals surface area contributed by atoms with E-state index in [1.165, 1.54) is 67.0 Å². The Hall–Kier alpha value is -4.60. The summed E-state index contributed by atoms with van der Waals surface area (Å²) in [7, 11) is -1.68. The Labute approximate surface area is 304 Å². The minimum Gasteiger partial charge on any atom is -0.184 e. The lowest BCUT2D eigenvalue weighted by atomic mass is 9.46. The summed E-state index contributed by atoms with van der Waals surface area (Å²) in [4.78, 5) is 0. The molecule has 1 saturated carbocycles. The number of hydrogen-bond acceptors (Lipinski definition) is 0. The van der Waals surface area contributed by atoms with Crippen LogP contribution < -0.4 is 14.3 Å². The normalized spacial score (nSPS) is 21.9. The van der Waals surface area contributed by atoms with Crippen molar-refractivity contribution in [2.24, 2.45) is 5.92 Å². The molecule has 1 aliphatic carbocycles. The molecular weight excluding hydrogens is 633 g/mol. The van der Waals surface area contributed by atoms with Gasteiger partial charge in [-0.1, -0.05) is 118 Å². The first kappa shape index (κ1) is 31.2. The minimum atomic E-state index is -1.68. The summed E-state index contributed by atoms with van der Waals surface area (Å²) in [5, 5.41) is 1.63. The van der Waals surface area contributed by atoms with Gasteiger partial charge in [0.05, 0.1) is 25.1 Å². The lowest BCUT2D eigenvalue weighted by Crippen LogP contribution is -2.86. The molecule has 5 heterocycles. The maximum absolute atomic E-state index is 2.83. The molecule has 0 radical (unpaired) electrons. The summed E-state index contributed by atoms with van der Waals surface area (Å²) in [5.41, 5.74) is 17.8. The van der Waals surface area contributed by atoms with Crippen LogP contribution in [0.1, 0.15) is 60.4 Å². The molecule has 0 amide bonds. The second-order valence-electron chi connectivity index (χ2n) is 17.5. The van der Waals surface area contributed by atoms with Crippen LogP contribution in [0.15, 0.2) is 122 Å². The third kappa shape index (κ3) is 4.22. The third-order valence-corrected chi connectivity index (χ3v) is 15.0. The van der Waals surface area contributed by atoms with Crippen LogP contribution in [-0.2, 0) is 23.9 Å². The molecule has 4 aliphatic rings. The predicted molar refractivity (Wildman–Crippen MR) is 212 cm³/mol. The first-order valence-electron chi connectivity index (χ1n) is 19.1. The fourth-order valence-corrected chi connectivity index (χ4v) is 12.6. The highest BCUT2D eigenvalue weighted by Gasteiger charge is 2.83. The van der Waals surface area contributed by atoms with E-state index in [0.29, 0.717) is 11.8 Å². The zero-order valence-corrected chi connectivity index (χ0v) is 31.9. The fraction of sp³-hybridized carbons (Fsp3) is 0.292. The average Bonchev–Trinajstić information content (AvgIpc) is 3.42. The van der Waals surface area contributed by atoms with E-state index in [4.69, 9.17) is 0 Å². The number of aryl methyl sites for hydroxylation is 2. The summed E-state index contributed by atoms with van der Waals surface area (Å²) in [6.45, 7) is 14.6. The van der Waals surface area contributed by atoms with Gasteiger partial charge in [0, 0.05) is 41.3 Å². The molecule has 2 aromatic heterocycles. The zero-order valence-electron chi connectivity index (χ0n) is 30.9. The Morgan fingerprint density at radius 1 is 0.706 bits per heavy atom. The largest absolute Gasteiger partial charge is 0.259 e. The Morgan fingerprint density at radius 3 is 2.29 bits per heavy atom. The molecule has 51 heavy (non-hydrogen) atoms. The van der Waals surface area contributed by atoms with Gasteiger partial charge in [-0.05, 0) is 77.3 Å². The number of fused-ring (bicyclic) bond motifs is 12. The topological polar surface area (TPSA) is 7.76 Å². The smallest absolute Gasteiger partial charge is 0.184 e. The van der Waals surface area contributed by atoms with Gasteiger partial charge in [-0.15, -0.1) is 0 Å². The van der Waals surface area contributed by atoms with Crippen LogP contribution in [0.3, 0.4) is 0 Å². The third-order valence-electron chi connectivity index (χ3n) is 12.9. The molecule has 4 bridgehead atoms. The van der Waals surface area contributed by atoms with Crippen molar-refractivity contribution in [1.82, 2.24) is 0 Å². The van der Waals surface area contributed by atoms with Gasteiger partial charge in [-0.25, -0.2) is 0 Å². The molecule has 1 fully saturated rings. The van der Waals surface area contributed by atoms with Crippen LogP contribution in [0.5, 0.6) is 0 Å². The molecule has 3 aliphatic heterocycles. The SMILES string of the molecule is Cc1cc2cc(c1)-c1ccc3[n+](c1)C1(CC2)C(CC12c1ccccc1-c1cc(CC(C)C)c([Si](C)(C)C)c[n+]12)c1ccc(-c2ccccc2)cc1-3. The maximum atomic E-state index is 2.83. The summed E-state index contributed by atoms with van der Waals surface area (Å²) in [6, 6.07) is 42.5. The Kier molecular flexibility index (Phi) is 6.54. The monoisotopic (exact) mass is 680 g/mol. The number of pyridine rings is 2. The number of hydrogen-bond donors (Lipinski definition) is 0. The lowest BCUT2D eigenvalue weighted by Gasteiger charge is -2.56. The van der Waals surface area contributed by atoms with Crippen LogP contribution >= 0.6 is 0 Å². The number of benzene rings is 4. The van der Waals surface area contributed by atoms with Gasteiger partial charge in [0.15, 0.2) is 12.4 Å². The lowest BCUT2D eigenvalue weighted by molar-refractivity contribution is -0.886. The van der Waals surface area contributed by atoms with Gasteiger partial charge < -0.3 is 0 Å². The maximum Gasteiger partial charge on any atom is 0.259 e. The van der Waals surface area contributed by atoms with Crippen molar-refractivity contribution in [1.29, 1.82) is 0 Å². The number of rotatable bonds is 4. The number of nitrogens with zero attached hydrogens (tertiary/aromatic N) is 2. The van der Waals surface area contributed by atoms with Crippen molar-refractivity contribution >= 4 is 13.3 Å². The van der Waals surface area contributed by atoms with Crippen LogP contribution in [0, 0.1) is 12.8 Å². The quantitative estimate of drug-likeness (QED) is 0.129. The highest BCUT2D eigenvalue weighted by atomic mass is 28.3.